The summed E-state index contributed by atoms with van der Waals surface area (Å²) in [5, 5.41) is 5.62. The molecule has 3 N–H and O–H groups in total. The predicted octanol–water partition coefficient (Wildman–Crippen LogP) is 0.414. The molecule has 1 atom stereocenters. The summed E-state index contributed by atoms with van der Waals surface area (Å²) in [6, 6.07) is 0. The summed E-state index contributed by atoms with van der Waals surface area (Å²) in [6.45, 7) is 1.95. The van der Waals surface area contributed by atoms with E-state index in [4.69, 9.17) is 5.73 Å². The molecule has 9 heteroatoms. The van der Waals surface area contributed by atoms with Gasteiger partial charge in [0.1, 0.15) is 10.7 Å². The average Bonchev–Trinajstić information content (AvgIpc) is 3.09. The van der Waals surface area contributed by atoms with Crippen molar-refractivity contribution < 1.29 is 9.59 Å². The predicted molar refractivity (Wildman–Crippen MR) is 93.3 cm³/mol. The van der Waals surface area contributed by atoms with Gasteiger partial charge in [0, 0.05) is 24.3 Å². The molecule has 8 nitrogen and oxygen atoms in total. The number of hydrogen-bond donors (Lipinski definition) is 2. The molecule has 1 aliphatic rings. The summed E-state index contributed by atoms with van der Waals surface area (Å²) >= 11 is 1.47. The Morgan fingerprint density at radius 2 is 2.28 bits per heavy atom. The maximum Gasteiger partial charge on any atom is 0.231 e. The summed E-state index contributed by atoms with van der Waals surface area (Å²) in [5.74, 6) is -0.491. The Balaban J connectivity index is 1.52. The summed E-state index contributed by atoms with van der Waals surface area (Å²) < 4.78 is 0. The van der Waals surface area contributed by atoms with Crippen LogP contribution >= 0.6 is 11.3 Å². The van der Waals surface area contributed by atoms with Gasteiger partial charge in [0.25, 0.3) is 0 Å². The first-order valence-corrected chi connectivity index (χ1v) is 8.99. The lowest BCUT2D eigenvalue weighted by Crippen LogP contribution is -2.45. The highest BCUT2D eigenvalue weighted by Gasteiger charge is 2.26. The lowest BCUT2D eigenvalue weighted by Gasteiger charge is -2.30. The Hall–Kier alpha value is -2.39. The molecule has 25 heavy (non-hydrogen) atoms. The van der Waals surface area contributed by atoms with Crippen molar-refractivity contribution in [1.82, 2.24) is 25.2 Å². The Kier molecular flexibility index (Phi) is 5.67. The van der Waals surface area contributed by atoms with Gasteiger partial charge in [-0.15, -0.1) is 11.3 Å². The summed E-state index contributed by atoms with van der Waals surface area (Å²) in [5.41, 5.74) is 6.75. The number of amides is 2. The first-order valence-electron chi connectivity index (χ1n) is 8.11. The van der Waals surface area contributed by atoms with Gasteiger partial charge in [0.15, 0.2) is 0 Å². The van der Waals surface area contributed by atoms with E-state index in [9.17, 15) is 9.59 Å². The van der Waals surface area contributed by atoms with Crippen LogP contribution in [0.2, 0.25) is 0 Å². The maximum absolute atomic E-state index is 12.4. The lowest BCUT2D eigenvalue weighted by atomic mass is 9.97. The number of nitrogens with zero attached hydrogens (tertiary/aromatic N) is 4. The second kappa shape index (κ2) is 8.13. The van der Waals surface area contributed by atoms with Crippen LogP contribution in [0.15, 0.2) is 24.0 Å². The van der Waals surface area contributed by atoms with Crippen LogP contribution in [0.1, 0.15) is 18.5 Å². The zero-order chi connectivity index (χ0) is 17.6. The van der Waals surface area contributed by atoms with Crippen LogP contribution < -0.4 is 11.1 Å². The van der Waals surface area contributed by atoms with E-state index in [1.807, 2.05) is 10.3 Å². The molecule has 0 spiro atoms. The normalized spacial score (nSPS) is 18.0. The van der Waals surface area contributed by atoms with E-state index in [2.05, 4.69) is 20.3 Å². The van der Waals surface area contributed by atoms with E-state index in [-0.39, 0.29) is 24.3 Å². The molecule has 1 saturated heterocycles. The monoisotopic (exact) mass is 360 g/mol. The van der Waals surface area contributed by atoms with Gasteiger partial charge >= 0.3 is 0 Å². The van der Waals surface area contributed by atoms with Crippen LogP contribution in [-0.2, 0) is 16.1 Å². The Morgan fingerprint density at radius 3 is 3.04 bits per heavy atom. The third-order valence-electron chi connectivity index (χ3n) is 4.03. The largest absolute Gasteiger partial charge is 0.369 e. The number of likely N-dealkylation sites (tertiary alicyclic amines) is 1. The third kappa shape index (κ3) is 4.80. The highest BCUT2D eigenvalue weighted by molar-refractivity contribution is 7.13. The third-order valence-corrected chi connectivity index (χ3v) is 4.95. The number of nitrogens with one attached hydrogen (secondary N) is 1. The maximum atomic E-state index is 12.4. The number of carbonyl (C=O) groups is 2. The van der Waals surface area contributed by atoms with Gasteiger partial charge < -0.3 is 11.1 Å². The molecule has 132 valence electrons. The Bertz CT molecular complexity index is 735. The molecule has 1 fully saturated rings. The van der Waals surface area contributed by atoms with E-state index in [0.717, 1.165) is 35.8 Å². The van der Waals surface area contributed by atoms with Gasteiger partial charge in [-0.2, -0.15) is 0 Å². The van der Waals surface area contributed by atoms with Crippen molar-refractivity contribution in [3.63, 3.8) is 0 Å². The number of thiazole rings is 1. The smallest absolute Gasteiger partial charge is 0.231 e. The fourth-order valence-electron chi connectivity index (χ4n) is 2.87. The molecule has 0 aromatic carbocycles. The van der Waals surface area contributed by atoms with E-state index >= 15 is 0 Å². The van der Waals surface area contributed by atoms with E-state index in [1.165, 1.54) is 11.3 Å². The van der Waals surface area contributed by atoms with Crippen molar-refractivity contribution in [3.05, 3.63) is 29.7 Å². The van der Waals surface area contributed by atoms with Crippen LogP contribution in [0.4, 0.5) is 0 Å². The van der Waals surface area contributed by atoms with Crippen molar-refractivity contribution in [2.45, 2.75) is 19.4 Å². The molecule has 0 saturated carbocycles. The zero-order valence-corrected chi connectivity index (χ0v) is 14.5. The minimum Gasteiger partial charge on any atom is -0.369 e. The molecule has 3 heterocycles. The quantitative estimate of drug-likeness (QED) is 0.771. The van der Waals surface area contributed by atoms with Crippen molar-refractivity contribution in [2.24, 2.45) is 11.7 Å². The summed E-state index contributed by atoms with van der Waals surface area (Å²) in [4.78, 5) is 38.1. The van der Waals surface area contributed by atoms with Crippen molar-refractivity contribution in [1.29, 1.82) is 0 Å². The van der Waals surface area contributed by atoms with Gasteiger partial charge in [-0.25, -0.2) is 4.98 Å². The highest BCUT2D eigenvalue weighted by atomic mass is 32.1. The van der Waals surface area contributed by atoms with Crippen LogP contribution in [0, 0.1) is 5.92 Å². The fourth-order valence-corrected chi connectivity index (χ4v) is 3.65. The lowest BCUT2D eigenvalue weighted by molar-refractivity contribution is -0.128. The second-order valence-corrected chi connectivity index (χ2v) is 6.85. The van der Waals surface area contributed by atoms with Crippen molar-refractivity contribution in [3.8, 4) is 10.7 Å². The number of carbonyl (C=O) groups excluding carboxylic acids is 2. The van der Waals surface area contributed by atoms with Crippen LogP contribution in [0.25, 0.3) is 10.7 Å². The number of aromatic nitrogens is 3. The minimum atomic E-state index is -0.361. The molecule has 0 aliphatic carbocycles. The number of hydrogen-bond acceptors (Lipinski definition) is 7. The first kappa shape index (κ1) is 17.4. The highest BCUT2D eigenvalue weighted by Crippen LogP contribution is 2.21. The van der Waals surface area contributed by atoms with Gasteiger partial charge in [-0.05, 0) is 19.4 Å². The molecule has 2 aromatic rings. The second-order valence-electron chi connectivity index (χ2n) is 5.99. The number of piperidine rings is 1. The average molecular weight is 360 g/mol. The van der Waals surface area contributed by atoms with Gasteiger partial charge in [0.05, 0.1) is 30.9 Å². The number of rotatable bonds is 6. The number of nitrogens with two attached hydrogens (primary N) is 1. The molecular formula is C16H20N6O2S. The molecule has 3 rings (SSSR count). The van der Waals surface area contributed by atoms with Crippen molar-refractivity contribution in [2.75, 3.05) is 19.6 Å². The zero-order valence-electron chi connectivity index (χ0n) is 13.7. The molecule has 2 aromatic heterocycles. The molecular weight excluding hydrogens is 340 g/mol. The van der Waals surface area contributed by atoms with Gasteiger partial charge in [0.2, 0.25) is 11.8 Å². The molecule has 0 radical (unpaired) electrons. The first-order chi connectivity index (χ1) is 12.1. The minimum absolute atomic E-state index is 0.0109. The van der Waals surface area contributed by atoms with Crippen LogP contribution in [-0.4, -0.2) is 51.3 Å². The van der Waals surface area contributed by atoms with E-state index in [1.54, 1.807) is 18.6 Å². The van der Waals surface area contributed by atoms with Crippen molar-refractivity contribution >= 4 is 23.2 Å². The van der Waals surface area contributed by atoms with Crippen LogP contribution in [0.3, 0.4) is 0 Å². The fraction of sp³-hybridized carbons (Fsp3) is 0.438. The number of primary amides is 1. The SMILES string of the molecule is NC(=O)CN1CCC[C@@H](C(=O)NCc2csc(-c3cnccn3)n2)C1. The standard InChI is InChI=1S/C16H20N6O2S/c17-14(23)9-22-5-1-2-11(8-22)15(24)20-6-12-10-25-16(21-12)13-7-18-3-4-19-13/h3-4,7,10-11H,1-2,5-6,8-9H2,(H2,17,23)(H,20,24)/t11-/m1/s1. The molecule has 0 bridgehead atoms. The van der Waals surface area contributed by atoms with E-state index in [0.29, 0.717) is 13.1 Å². The molecule has 1 aliphatic heterocycles. The molecule has 0 unspecified atom stereocenters. The van der Waals surface area contributed by atoms with Crippen LogP contribution in [0.5, 0.6) is 0 Å². The molecule has 2 amide bonds. The van der Waals surface area contributed by atoms with E-state index < -0.39 is 0 Å². The summed E-state index contributed by atoms with van der Waals surface area (Å²) in [6.07, 6.45) is 6.61. The Labute approximate surface area is 149 Å². The van der Waals surface area contributed by atoms with Gasteiger partial charge in [-0.1, -0.05) is 0 Å². The van der Waals surface area contributed by atoms with Gasteiger partial charge in [-0.3, -0.25) is 24.5 Å². The summed E-state index contributed by atoms with van der Waals surface area (Å²) in [7, 11) is 0. The topological polar surface area (TPSA) is 114 Å². The Morgan fingerprint density at radius 1 is 1.40 bits per heavy atom.